The van der Waals surface area contributed by atoms with Gasteiger partial charge in [0.2, 0.25) is 0 Å². The number of aromatic nitrogens is 2. The van der Waals surface area contributed by atoms with Gasteiger partial charge in [0, 0.05) is 31.9 Å². The Balaban J connectivity index is 2.09. The second kappa shape index (κ2) is 14.7. The Kier molecular flexibility index (Phi) is 12.6. The van der Waals surface area contributed by atoms with Crippen molar-refractivity contribution in [2.45, 2.75) is 46.5 Å². The van der Waals surface area contributed by atoms with E-state index >= 15 is 0 Å². The molecule has 7 nitrogen and oxygen atoms in total. The molecule has 0 radical (unpaired) electrons. The van der Waals surface area contributed by atoms with Gasteiger partial charge in [0.1, 0.15) is 0 Å². The molecule has 0 aliphatic carbocycles. The van der Waals surface area contributed by atoms with E-state index in [4.69, 9.17) is 9.47 Å². The Bertz CT molecular complexity index is 462. The highest BCUT2D eigenvalue weighted by Gasteiger charge is 2.00. The number of hydrogen-bond acceptors (Lipinski definition) is 4. The second-order valence-electron chi connectivity index (χ2n) is 5.89. The first-order chi connectivity index (χ1) is 12.3. The summed E-state index contributed by atoms with van der Waals surface area (Å²) >= 11 is 0. The zero-order chi connectivity index (χ0) is 18.2. The van der Waals surface area contributed by atoms with Crippen LogP contribution < -0.4 is 10.6 Å². The molecular weight excluding hydrogens is 318 g/mol. The van der Waals surface area contributed by atoms with E-state index in [1.807, 2.05) is 13.1 Å². The number of nitrogens with one attached hydrogen (secondary N) is 3. The monoisotopic (exact) mass is 353 g/mol. The van der Waals surface area contributed by atoms with E-state index in [2.05, 4.69) is 39.7 Å². The summed E-state index contributed by atoms with van der Waals surface area (Å²) in [4.78, 5) is 4.59. The molecule has 25 heavy (non-hydrogen) atoms. The number of guanidine groups is 1. The van der Waals surface area contributed by atoms with Crippen LogP contribution in [0.25, 0.3) is 0 Å². The van der Waals surface area contributed by atoms with Crippen LogP contribution in [-0.2, 0) is 15.9 Å². The maximum atomic E-state index is 5.55. The average molecular weight is 354 g/mol. The third kappa shape index (κ3) is 10.8. The molecule has 0 saturated heterocycles. The zero-order valence-electron chi connectivity index (χ0n) is 16.1. The summed E-state index contributed by atoms with van der Waals surface area (Å²) < 4.78 is 11.0. The fourth-order valence-electron chi connectivity index (χ4n) is 2.24. The summed E-state index contributed by atoms with van der Waals surface area (Å²) in [5.41, 5.74) is 2.41. The van der Waals surface area contributed by atoms with E-state index in [-0.39, 0.29) is 0 Å². The van der Waals surface area contributed by atoms with E-state index in [0.29, 0.717) is 19.8 Å². The second-order valence-corrected chi connectivity index (χ2v) is 5.89. The average Bonchev–Trinajstić information content (AvgIpc) is 3.02. The number of rotatable bonds is 14. The molecule has 0 aromatic carbocycles. The predicted molar refractivity (Wildman–Crippen MR) is 102 cm³/mol. The van der Waals surface area contributed by atoms with Crippen molar-refractivity contribution < 1.29 is 9.47 Å². The van der Waals surface area contributed by atoms with Crippen molar-refractivity contribution >= 4 is 5.96 Å². The lowest BCUT2D eigenvalue weighted by molar-refractivity contribution is 0.0487. The van der Waals surface area contributed by atoms with Gasteiger partial charge < -0.3 is 20.1 Å². The lowest BCUT2D eigenvalue weighted by atomic mass is 10.1. The number of aromatic amines is 1. The first-order valence-corrected chi connectivity index (χ1v) is 9.44. The van der Waals surface area contributed by atoms with Gasteiger partial charge in [0.15, 0.2) is 5.96 Å². The Morgan fingerprint density at radius 1 is 1.12 bits per heavy atom. The molecule has 0 aliphatic rings. The molecule has 1 heterocycles. The molecular formula is C18H35N5O2. The van der Waals surface area contributed by atoms with Gasteiger partial charge >= 0.3 is 0 Å². The van der Waals surface area contributed by atoms with Crippen molar-refractivity contribution in [3.05, 3.63) is 17.5 Å². The highest BCUT2D eigenvalue weighted by Crippen LogP contribution is 2.05. The molecule has 0 amide bonds. The third-order valence-corrected chi connectivity index (χ3v) is 3.71. The molecule has 0 atom stereocenters. The molecule has 0 fully saturated rings. The minimum absolute atomic E-state index is 0.642. The Morgan fingerprint density at radius 3 is 2.60 bits per heavy atom. The number of unbranched alkanes of at least 4 members (excludes halogenated alkanes) is 1. The van der Waals surface area contributed by atoms with Gasteiger partial charge in [0.05, 0.1) is 26.0 Å². The Labute approximate surface area is 152 Å². The maximum absolute atomic E-state index is 5.55. The van der Waals surface area contributed by atoms with Gasteiger partial charge in [-0.2, -0.15) is 5.10 Å². The van der Waals surface area contributed by atoms with E-state index in [1.165, 1.54) is 12.0 Å². The number of nitrogens with zero attached hydrogens (tertiary/aromatic N) is 2. The van der Waals surface area contributed by atoms with Crippen molar-refractivity contribution in [2.75, 3.05) is 46.1 Å². The molecule has 0 unspecified atom stereocenters. The van der Waals surface area contributed by atoms with Gasteiger partial charge in [-0.1, -0.05) is 13.3 Å². The molecule has 7 heteroatoms. The van der Waals surface area contributed by atoms with E-state index in [9.17, 15) is 0 Å². The van der Waals surface area contributed by atoms with Crippen molar-refractivity contribution in [1.82, 2.24) is 20.8 Å². The molecule has 1 aromatic heterocycles. The van der Waals surface area contributed by atoms with Gasteiger partial charge in [-0.05, 0) is 38.7 Å². The SMILES string of the molecule is CCCCOCCOCCNC(=NCCCc1cn[nH]c1C)NCC. The maximum Gasteiger partial charge on any atom is 0.191 e. The largest absolute Gasteiger partial charge is 0.379 e. The first kappa shape index (κ1) is 21.4. The minimum Gasteiger partial charge on any atom is -0.379 e. The predicted octanol–water partition coefficient (Wildman–Crippen LogP) is 2.04. The van der Waals surface area contributed by atoms with Crippen LogP contribution in [0.15, 0.2) is 11.2 Å². The Morgan fingerprint density at radius 2 is 1.92 bits per heavy atom. The summed E-state index contributed by atoms with van der Waals surface area (Å²) in [6.07, 6.45) is 6.17. The van der Waals surface area contributed by atoms with Gasteiger partial charge in [-0.15, -0.1) is 0 Å². The first-order valence-electron chi connectivity index (χ1n) is 9.44. The van der Waals surface area contributed by atoms with Crippen LogP contribution in [0.1, 0.15) is 44.4 Å². The summed E-state index contributed by atoms with van der Waals surface area (Å²) in [7, 11) is 0. The van der Waals surface area contributed by atoms with Crippen LogP contribution >= 0.6 is 0 Å². The zero-order valence-corrected chi connectivity index (χ0v) is 16.1. The van der Waals surface area contributed by atoms with Crippen molar-refractivity contribution in [3.63, 3.8) is 0 Å². The van der Waals surface area contributed by atoms with Gasteiger partial charge in [-0.25, -0.2) is 0 Å². The molecule has 1 rings (SSSR count). The van der Waals surface area contributed by atoms with Crippen LogP contribution in [0.5, 0.6) is 0 Å². The van der Waals surface area contributed by atoms with Crippen LogP contribution in [-0.4, -0.2) is 62.2 Å². The van der Waals surface area contributed by atoms with E-state index in [1.54, 1.807) is 0 Å². The lowest BCUT2D eigenvalue weighted by Crippen LogP contribution is -2.39. The number of aliphatic imine (C=N–C) groups is 1. The fourth-order valence-corrected chi connectivity index (χ4v) is 2.24. The lowest BCUT2D eigenvalue weighted by Gasteiger charge is -2.11. The number of aryl methyl sites for hydroxylation is 2. The van der Waals surface area contributed by atoms with Crippen molar-refractivity contribution in [3.8, 4) is 0 Å². The number of hydrogen-bond donors (Lipinski definition) is 3. The summed E-state index contributed by atoms with van der Waals surface area (Å²) in [5, 5.41) is 13.6. The normalized spacial score (nSPS) is 11.7. The third-order valence-electron chi connectivity index (χ3n) is 3.71. The van der Waals surface area contributed by atoms with Gasteiger partial charge in [-0.3, -0.25) is 10.1 Å². The molecule has 144 valence electrons. The molecule has 0 spiro atoms. The van der Waals surface area contributed by atoms with Crippen molar-refractivity contribution in [2.24, 2.45) is 4.99 Å². The molecule has 1 aromatic rings. The number of ether oxygens (including phenoxy) is 2. The molecule has 0 aliphatic heterocycles. The minimum atomic E-state index is 0.642. The molecule has 0 bridgehead atoms. The summed E-state index contributed by atoms with van der Waals surface area (Å²) in [6.45, 7) is 11.4. The van der Waals surface area contributed by atoms with Crippen LogP contribution in [0, 0.1) is 6.92 Å². The van der Waals surface area contributed by atoms with Crippen LogP contribution in [0.4, 0.5) is 0 Å². The topological polar surface area (TPSA) is 83.6 Å². The quantitative estimate of drug-likeness (QED) is 0.271. The smallest absolute Gasteiger partial charge is 0.191 e. The standard InChI is InChI=1S/C18H35N5O2/c1-4-6-11-24-13-14-25-12-10-21-18(19-5-2)20-9-7-8-17-15-22-23-16(17)3/h15H,4-14H2,1-3H3,(H,22,23)(H2,19,20,21). The van der Waals surface area contributed by atoms with E-state index in [0.717, 1.165) is 57.2 Å². The highest BCUT2D eigenvalue weighted by atomic mass is 16.5. The highest BCUT2D eigenvalue weighted by molar-refractivity contribution is 5.79. The summed E-state index contributed by atoms with van der Waals surface area (Å²) in [6, 6.07) is 0. The van der Waals surface area contributed by atoms with Crippen LogP contribution in [0.2, 0.25) is 0 Å². The van der Waals surface area contributed by atoms with Crippen LogP contribution in [0.3, 0.4) is 0 Å². The van der Waals surface area contributed by atoms with Crippen molar-refractivity contribution in [1.29, 1.82) is 0 Å². The Hall–Kier alpha value is -1.60. The number of H-pyrrole nitrogens is 1. The molecule has 3 N–H and O–H groups in total. The van der Waals surface area contributed by atoms with Gasteiger partial charge in [0.25, 0.3) is 0 Å². The summed E-state index contributed by atoms with van der Waals surface area (Å²) in [5.74, 6) is 0.842. The fraction of sp³-hybridized carbons (Fsp3) is 0.778. The molecule has 0 saturated carbocycles. The van der Waals surface area contributed by atoms with E-state index < -0.39 is 0 Å².